The van der Waals surface area contributed by atoms with Gasteiger partial charge in [-0.15, -0.1) is 11.3 Å². The average molecular weight is 536 g/mol. The van der Waals surface area contributed by atoms with Crippen molar-refractivity contribution in [2.75, 3.05) is 63.9 Å². The number of hydrogen-bond donors (Lipinski definition) is 1. The molecule has 200 valence electrons. The Bertz CT molecular complexity index is 1360. The summed E-state index contributed by atoms with van der Waals surface area (Å²) in [5.41, 5.74) is 1.13. The number of nitrogens with zero attached hydrogens (tertiary/aromatic N) is 5. The number of carbonyl (C=O) groups is 1. The highest BCUT2D eigenvalue weighted by Crippen LogP contribution is 2.34. The third kappa shape index (κ3) is 6.35. The highest BCUT2D eigenvalue weighted by Gasteiger charge is 2.25. The normalized spacial score (nSPS) is 16.8. The fourth-order valence-corrected chi connectivity index (χ4v) is 5.38. The summed E-state index contributed by atoms with van der Waals surface area (Å²) in [6.45, 7) is 11.9. The molecule has 10 heteroatoms. The Morgan fingerprint density at radius 1 is 1.11 bits per heavy atom. The van der Waals surface area contributed by atoms with Crippen LogP contribution in [0.3, 0.4) is 0 Å². The van der Waals surface area contributed by atoms with Crippen LogP contribution in [0.1, 0.15) is 25.6 Å². The van der Waals surface area contributed by atoms with E-state index in [1.54, 1.807) is 34.4 Å². The van der Waals surface area contributed by atoms with Gasteiger partial charge in [0.15, 0.2) is 11.6 Å². The third-order valence-corrected chi connectivity index (χ3v) is 7.34. The topological polar surface area (TPSA) is 91.3 Å². The van der Waals surface area contributed by atoms with E-state index in [1.807, 2.05) is 32.9 Å². The number of hydrogen-bond acceptors (Lipinski definition) is 9. The van der Waals surface area contributed by atoms with Crippen molar-refractivity contribution in [1.29, 1.82) is 0 Å². The van der Waals surface area contributed by atoms with Gasteiger partial charge in [0.1, 0.15) is 11.4 Å². The zero-order valence-corrected chi connectivity index (χ0v) is 22.9. The van der Waals surface area contributed by atoms with Crippen LogP contribution in [0, 0.1) is 11.8 Å². The number of aromatic nitrogens is 2. The van der Waals surface area contributed by atoms with Gasteiger partial charge in [0.2, 0.25) is 0 Å². The zero-order valence-electron chi connectivity index (χ0n) is 22.1. The van der Waals surface area contributed by atoms with Crippen LogP contribution in [0.2, 0.25) is 0 Å². The molecule has 0 bridgehead atoms. The molecule has 2 aliphatic rings. The number of morpholine rings is 1. The Labute approximate surface area is 227 Å². The number of thiophene rings is 1. The molecular formula is C28H33N5O4S. The van der Waals surface area contributed by atoms with Gasteiger partial charge in [0, 0.05) is 44.8 Å². The van der Waals surface area contributed by atoms with Gasteiger partial charge in [-0.3, -0.25) is 4.90 Å². The molecule has 4 heterocycles. The van der Waals surface area contributed by atoms with E-state index in [2.05, 4.69) is 21.6 Å². The molecule has 2 fully saturated rings. The van der Waals surface area contributed by atoms with Crippen molar-refractivity contribution in [3.05, 3.63) is 35.2 Å². The van der Waals surface area contributed by atoms with E-state index in [0.29, 0.717) is 38.7 Å². The average Bonchev–Trinajstić information content (AvgIpc) is 3.31. The predicted octanol–water partition coefficient (Wildman–Crippen LogP) is 3.80. The fraction of sp³-hybridized carbons (Fsp3) is 0.464. The largest absolute Gasteiger partial charge is 0.508 e. The van der Waals surface area contributed by atoms with E-state index >= 15 is 0 Å². The molecule has 1 aromatic carbocycles. The van der Waals surface area contributed by atoms with Crippen molar-refractivity contribution in [3.63, 3.8) is 0 Å². The zero-order chi connectivity index (χ0) is 26.7. The standard InChI is InChI=1S/C28H33N5O4S/c1-28(2,3)37-27(35)33-12-10-31(11-13-33)9-5-8-22-19-23-24(38-22)26(32-14-16-36-17-15-32)30-25(29-23)20-6-4-7-21(34)18-20/h4,6-7,18-19,34H,9-17H2,1-3H3. The van der Waals surface area contributed by atoms with Crippen molar-refractivity contribution in [2.24, 2.45) is 0 Å². The molecule has 1 amide bonds. The van der Waals surface area contributed by atoms with Gasteiger partial charge in [0.05, 0.1) is 34.9 Å². The first kappa shape index (κ1) is 26.2. The van der Waals surface area contributed by atoms with E-state index in [9.17, 15) is 9.90 Å². The van der Waals surface area contributed by atoms with Crippen LogP contribution < -0.4 is 4.90 Å². The van der Waals surface area contributed by atoms with Gasteiger partial charge in [-0.25, -0.2) is 14.8 Å². The van der Waals surface area contributed by atoms with Crippen LogP contribution >= 0.6 is 11.3 Å². The van der Waals surface area contributed by atoms with Crippen molar-refractivity contribution in [3.8, 4) is 29.0 Å². The highest BCUT2D eigenvalue weighted by molar-refractivity contribution is 7.20. The predicted molar refractivity (Wildman–Crippen MR) is 149 cm³/mol. The fourth-order valence-electron chi connectivity index (χ4n) is 4.39. The minimum absolute atomic E-state index is 0.183. The number of piperazine rings is 1. The van der Waals surface area contributed by atoms with Crippen LogP contribution in [0.4, 0.5) is 10.6 Å². The summed E-state index contributed by atoms with van der Waals surface area (Å²) in [5, 5.41) is 9.97. The lowest BCUT2D eigenvalue weighted by atomic mass is 10.2. The number of carbonyl (C=O) groups excluding carboxylic acids is 1. The van der Waals surface area contributed by atoms with E-state index in [4.69, 9.17) is 19.4 Å². The van der Waals surface area contributed by atoms with Gasteiger partial charge in [-0.2, -0.15) is 0 Å². The second-order valence-electron chi connectivity index (χ2n) is 10.4. The number of aromatic hydroxyl groups is 1. The third-order valence-electron chi connectivity index (χ3n) is 6.31. The number of fused-ring (bicyclic) bond motifs is 1. The summed E-state index contributed by atoms with van der Waals surface area (Å²) in [7, 11) is 0. The van der Waals surface area contributed by atoms with Crippen LogP contribution in [0.15, 0.2) is 30.3 Å². The molecule has 5 rings (SSSR count). The Kier molecular flexibility index (Phi) is 7.70. The van der Waals surface area contributed by atoms with Gasteiger partial charge >= 0.3 is 6.09 Å². The second kappa shape index (κ2) is 11.2. The number of benzene rings is 1. The van der Waals surface area contributed by atoms with E-state index in [-0.39, 0.29) is 11.8 Å². The van der Waals surface area contributed by atoms with Crippen molar-refractivity contribution in [1.82, 2.24) is 19.8 Å². The molecule has 9 nitrogen and oxygen atoms in total. The molecule has 38 heavy (non-hydrogen) atoms. The summed E-state index contributed by atoms with van der Waals surface area (Å²) in [4.78, 5) is 29.2. The first-order chi connectivity index (χ1) is 18.2. The number of rotatable bonds is 3. The van der Waals surface area contributed by atoms with Crippen LogP contribution in [0.5, 0.6) is 5.75 Å². The molecule has 0 spiro atoms. The monoisotopic (exact) mass is 535 g/mol. The highest BCUT2D eigenvalue weighted by atomic mass is 32.1. The maximum Gasteiger partial charge on any atom is 0.410 e. The number of phenolic OH excluding ortho intramolecular Hbond substituents is 1. The quantitative estimate of drug-likeness (QED) is 0.507. The first-order valence-electron chi connectivity index (χ1n) is 12.9. The number of ether oxygens (including phenoxy) is 2. The van der Waals surface area contributed by atoms with Crippen molar-refractivity contribution < 1.29 is 19.4 Å². The Balaban J connectivity index is 1.31. The lowest BCUT2D eigenvalue weighted by Crippen LogP contribution is -2.50. The number of phenols is 1. The number of amides is 1. The van der Waals surface area contributed by atoms with Crippen molar-refractivity contribution >= 4 is 33.5 Å². The lowest BCUT2D eigenvalue weighted by molar-refractivity contribution is 0.0155. The molecule has 2 saturated heterocycles. The molecular weight excluding hydrogens is 502 g/mol. The van der Waals surface area contributed by atoms with Crippen LogP contribution in [-0.4, -0.2) is 95.6 Å². The molecule has 0 saturated carbocycles. The van der Waals surface area contributed by atoms with Gasteiger partial charge in [0.25, 0.3) is 0 Å². The molecule has 0 atom stereocenters. The smallest absolute Gasteiger partial charge is 0.410 e. The van der Waals surface area contributed by atoms with Gasteiger partial charge in [-0.05, 0) is 39.0 Å². The number of anilines is 1. The van der Waals surface area contributed by atoms with Gasteiger partial charge < -0.3 is 24.4 Å². The second-order valence-corrected chi connectivity index (χ2v) is 11.4. The Morgan fingerprint density at radius 3 is 2.58 bits per heavy atom. The summed E-state index contributed by atoms with van der Waals surface area (Å²) < 4.78 is 12.0. The van der Waals surface area contributed by atoms with E-state index in [0.717, 1.165) is 52.7 Å². The minimum Gasteiger partial charge on any atom is -0.508 e. The van der Waals surface area contributed by atoms with E-state index < -0.39 is 5.60 Å². The van der Waals surface area contributed by atoms with Crippen LogP contribution in [-0.2, 0) is 9.47 Å². The molecule has 2 aliphatic heterocycles. The first-order valence-corrected chi connectivity index (χ1v) is 13.7. The summed E-state index contributed by atoms with van der Waals surface area (Å²) >= 11 is 1.60. The maximum atomic E-state index is 12.3. The minimum atomic E-state index is -0.487. The van der Waals surface area contributed by atoms with Crippen molar-refractivity contribution in [2.45, 2.75) is 26.4 Å². The molecule has 0 aliphatic carbocycles. The van der Waals surface area contributed by atoms with Gasteiger partial charge in [-0.1, -0.05) is 24.0 Å². The lowest BCUT2D eigenvalue weighted by Gasteiger charge is -2.34. The molecule has 0 radical (unpaired) electrons. The molecule has 0 unspecified atom stereocenters. The summed E-state index contributed by atoms with van der Waals surface area (Å²) in [6.07, 6.45) is -0.254. The summed E-state index contributed by atoms with van der Waals surface area (Å²) in [6, 6.07) is 9.04. The Hall–Kier alpha value is -3.39. The molecule has 2 aromatic heterocycles. The molecule has 3 aromatic rings. The SMILES string of the molecule is CC(C)(C)OC(=O)N1CCN(CC#Cc2cc3nc(-c4cccc(O)c4)nc(N4CCOCC4)c3s2)CC1. The summed E-state index contributed by atoms with van der Waals surface area (Å²) in [5.74, 6) is 8.26. The van der Waals surface area contributed by atoms with E-state index in [1.165, 1.54) is 0 Å². The van der Waals surface area contributed by atoms with Crippen LogP contribution in [0.25, 0.3) is 21.6 Å². The maximum absolute atomic E-state index is 12.3. The molecule has 1 N–H and O–H groups in total. The Morgan fingerprint density at radius 2 is 1.87 bits per heavy atom.